The van der Waals surface area contributed by atoms with Gasteiger partial charge in [-0.1, -0.05) is 36.4 Å². The summed E-state index contributed by atoms with van der Waals surface area (Å²) in [6, 6.07) is 19.8. The summed E-state index contributed by atoms with van der Waals surface area (Å²) in [5.74, 6) is 2.92. The van der Waals surface area contributed by atoms with Crippen molar-refractivity contribution in [2.75, 3.05) is 13.2 Å². The van der Waals surface area contributed by atoms with Gasteiger partial charge in [0.15, 0.2) is 22.1 Å². The molecule has 0 radical (unpaired) electrons. The molecule has 3 aromatic carbocycles. The fourth-order valence-corrected chi connectivity index (χ4v) is 3.58. The van der Waals surface area contributed by atoms with E-state index in [1.165, 1.54) is 0 Å². The van der Waals surface area contributed by atoms with E-state index in [4.69, 9.17) is 26.4 Å². The number of H-pyrrole nitrogens is 1. The van der Waals surface area contributed by atoms with E-state index < -0.39 is 0 Å². The summed E-state index contributed by atoms with van der Waals surface area (Å²) in [4.78, 5) is 0. The summed E-state index contributed by atoms with van der Waals surface area (Å²) in [5, 5.41) is 9.39. The Bertz CT molecular complexity index is 1210. The van der Waals surface area contributed by atoms with E-state index in [1.54, 1.807) is 0 Å². The molecule has 1 aromatic heterocycles. The van der Waals surface area contributed by atoms with Crippen LogP contribution in [0.5, 0.6) is 17.2 Å². The van der Waals surface area contributed by atoms with Gasteiger partial charge in [-0.3, -0.25) is 9.67 Å². The molecule has 28 heavy (non-hydrogen) atoms. The standard InChI is InChI=1S/C21H17N3O3S/c28-21-23-22-20(13-27-17-7-3-5-14-4-1-2-6-16(14)17)24(21)15-8-9-18-19(12-15)26-11-10-25-18/h1-9,12H,10-11,13H2,(H,23,28). The molecule has 0 bridgehead atoms. The lowest BCUT2D eigenvalue weighted by molar-refractivity contribution is 0.171. The zero-order valence-electron chi connectivity index (χ0n) is 14.9. The molecular weight excluding hydrogens is 374 g/mol. The maximum absolute atomic E-state index is 6.09. The van der Waals surface area contributed by atoms with Gasteiger partial charge in [0.1, 0.15) is 25.6 Å². The smallest absolute Gasteiger partial charge is 0.199 e. The van der Waals surface area contributed by atoms with Gasteiger partial charge in [0.25, 0.3) is 0 Å². The van der Waals surface area contributed by atoms with Crippen LogP contribution in [0.1, 0.15) is 5.82 Å². The first kappa shape index (κ1) is 16.8. The maximum atomic E-state index is 6.09. The van der Waals surface area contributed by atoms with E-state index in [0.717, 1.165) is 28.0 Å². The molecule has 2 heterocycles. The van der Waals surface area contributed by atoms with Gasteiger partial charge in [-0.25, -0.2) is 0 Å². The number of hydrogen-bond acceptors (Lipinski definition) is 5. The highest BCUT2D eigenvalue weighted by atomic mass is 32.1. The number of nitrogens with zero attached hydrogens (tertiary/aromatic N) is 2. The summed E-state index contributed by atoms with van der Waals surface area (Å²) >= 11 is 5.43. The number of aromatic amines is 1. The number of rotatable bonds is 4. The lowest BCUT2D eigenvalue weighted by Crippen LogP contribution is -2.15. The number of nitrogens with one attached hydrogen (secondary N) is 1. The number of benzene rings is 3. The highest BCUT2D eigenvalue weighted by molar-refractivity contribution is 7.71. The van der Waals surface area contributed by atoms with Crippen LogP contribution in [0.4, 0.5) is 0 Å². The van der Waals surface area contributed by atoms with Gasteiger partial charge in [-0.15, -0.1) is 0 Å². The fourth-order valence-electron chi connectivity index (χ4n) is 3.33. The second-order valence-corrected chi connectivity index (χ2v) is 6.76. The van der Waals surface area contributed by atoms with Gasteiger partial charge in [-0.05, 0) is 35.8 Å². The minimum Gasteiger partial charge on any atom is -0.486 e. The summed E-state index contributed by atoms with van der Waals surface area (Å²) < 4.78 is 19.7. The Labute approximate surface area is 166 Å². The first-order valence-electron chi connectivity index (χ1n) is 8.96. The van der Waals surface area contributed by atoms with Crippen LogP contribution < -0.4 is 14.2 Å². The molecule has 7 heteroatoms. The van der Waals surface area contributed by atoms with Crippen LogP contribution in [0.3, 0.4) is 0 Å². The molecule has 0 aliphatic carbocycles. The Balaban J connectivity index is 1.47. The van der Waals surface area contributed by atoms with Gasteiger partial charge < -0.3 is 14.2 Å². The molecule has 0 saturated carbocycles. The number of ether oxygens (including phenoxy) is 3. The third-order valence-corrected chi connectivity index (χ3v) is 4.91. The van der Waals surface area contributed by atoms with Crippen LogP contribution >= 0.6 is 12.2 Å². The summed E-state index contributed by atoms with van der Waals surface area (Å²) in [6.07, 6.45) is 0. The van der Waals surface area contributed by atoms with Crippen LogP contribution in [0, 0.1) is 4.77 Å². The van der Waals surface area contributed by atoms with Crippen molar-refractivity contribution >= 4 is 23.0 Å². The van der Waals surface area contributed by atoms with E-state index in [0.29, 0.717) is 29.6 Å². The molecule has 6 nitrogen and oxygen atoms in total. The van der Waals surface area contributed by atoms with Gasteiger partial charge in [0, 0.05) is 11.5 Å². The molecule has 0 unspecified atom stereocenters. The summed E-state index contributed by atoms with van der Waals surface area (Å²) in [6.45, 7) is 1.36. The van der Waals surface area contributed by atoms with Gasteiger partial charge in [0.2, 0.25) is 0 Å². The quantitative estimate of drug-likeness (QED) is 0.522. The molecule has 140 valence electrons. The van der Waals surface area contributed by atoms with Crippen LogP contribution in [-0.4, -0.2) is 28.0 Å². The van der Waals surface area contributed by atoms with Gasteiger partial charge in [-0.2, -0.15) is 5.10 Å². The first-order chi connectivity index (χ1) is 13.8. The molecule has 0 atom stereocenters. The molecular formula is C21H17N3O3S. The molecule has 1 N–H and O–H groups in total. The summed E-state index contributed by atoms with van der Waals surface area (Å²) in [5.41, 5.74) is 0.847. The van der Waals surface area contributed by atoms with Crippen LogP contribution in [0.15, 0.2) is 60.7 Å². The van der Waals surface area contributed by atoms with Crippen molar-refractivity contribution in [3.63, 3.8) is 0 Å². The highest BCUT2D eigenvalue weighted by Gasteiger charge is 2.15. The van der Waals surface area contributed by atoms with Crippen molar-refractivity contribution in [2.24, 2.45) is 0 Å². The predicted octanol–water partition coefficient (Wildman–Crippen LogP) is 4.43. The first-order valence-corrected chi connectivity index (χ1v) is 9.37. The number of aromatic nitrogens is 3. The van der Waals surface area contributed by atoms with E-state index in [9.17, 15) is 0 Å². The topological polar surface area (TPSA) is 61.3 Å². The van der Waals surface area contributed by atoms with E-state index in [-0.39, 0.29) is 6.61 Å². The van der Waals surface area contributed by atoms with Crippen LogP contribution in [0.25, 0.3) is 16.5 Å². The second kappa shape index (κ2) is 7.01. The number of fused-ring (bicyclic) bond motifs is 2. The highest BCUT2D eigenvalue weighted by Crippen LogP contribution is 2.32. The van der Waals surface area contributed by atoms with Crippen molar-refractivity contribution in [2.45, 2.75) is 6.61 Å². The molecule has 0 saturated heterocycles. The largest absolute Gasteiger partial charge is 0.486 e. The van der Waals surface area contributed by atoms with Crippen molar-refractivity contribution in [1.82, 2.24) is 14.8 Å². The molecule has 5 rings (SSSR count). The van der Waals surface area contributed by atoms with Crippen LogP contribution in [0.2, 0.25) is 0 Å². The minimum absolute atomic E-state index is 0.273. The molecule has 1 aliphatic rings. The van der Waals surface area contributed by atoms with Crippen molar-refractivity contribution < 1.29 is 14.2 Å². The van der Waals surface area contributed by atoms with Gasteiger partial charge in [0.05, 0.1) is 5.69 Å². The normalized spacial score (nSPS) is 12.9. The molecule has 0 spiro atoms. The average Bonchev–Trinajstić information content (AvgIpc) is 3.12. The number of hydrogen-bond donors (Lipinski definition) is 1. The molecule has 0 fully saturated rings. The van der Waals surface area contributed by atoms with Crippen molar-refractivity contribution in [3.8, 4) is 22.9 Å². The molecule has 0 amide bonds. The monoisotopic (exact) mass is 391 g/mol. The summed E-state index contributed by atoms with van der Waals surface area (Å²) in [7, 11) is 0. The Morgan fingerprint density at radius 3 is 2.75 bits per heavy atom. The maximum Gasteiger partial charge on any atom is 0.199 e. The van der Waals surface area contributed by atoms with Gasteiger partial charge >= 0.3 is 0 Å². The Morgan fingerprint density at radius 2 is 1.82 bits per heavy atom. The zero-order chi connectivity index (χ0) is 18.9. The molecule has 1 aliphatic heterocycles. The lowest BCUT2D eigenvalue weighted by atomic mass is 10.1. The van der Waals surface area contributed by atoms with Crippen molar-refractivity contribution in [1.29, 1.82) is 0 Å². The second-order valence-electron chi connectivity index (χ2n) is 6.37. The average molecular weight is 391 g/mol. The van der Waals surface area contributed by atoms with Crippen molar-refractivity contribution in [3.05, 3.63) is 71.3 Å². The SMILES string of the molecule is S=c1[nH]nc(COc2cccc3ccccc23)n1-c1ccc2c(c1)OCCO2. The zero-order valence-corrected chi connectivity index (χ0v) is 15.7. The van der Waals surface area contributed by atoms with E-state index in [2.05, 4.69) is 22.3 Å². The Kier molecular flexibility index (Phi) is 4.21. The Hall–Kier alpha value is -3.32. The predicted molar refractivity (Wildman–Crippen MR) is 108 cm³/mol. The van der Waals surface area contributed by atoms with Crippen LogP contribution in [-0.2, 0) is 6.61 Å². The Morgan fingerprint density at radius 1 is 1.00 bits per heavy atom. The van der Waals surface area contributed by atoms with E-state index >= 15 is 0 Å². The van der Waals surface area contributed by atoms with E-state index in [1.807, 2.05) is 53.1 Å². The third-order valence-electron chi connectivity index (χ3n) is 4.63. The lowest BCUT2D eigenvalue weighted by Gasteiger charge is -2.19. The minimum atomic E-state index is 0.273. The third kappa shape index (κ3) is 2.99. The molecule has 4 aromatic rings. The fraction of sp³-hybridized carbons (Fsp3) is 0.143.